The molecule has 0 heterocycles. The van der Waals surface area contributed by atoms with Gasteiger partial charge in [0.2, 0.25) is 10.0 Å². The highest BCUT2D eigenvalue weighted by Gasteiger charge is 2.29. The van der Waals surface area contributed by atoms with E-state index in [0.29, 0.717) is 12.2 Å². The molecule has 0 amide bonds. The lowest BCUT2D eigenvalue weighted by atomic mass is 10.2. The third kappa shape index (κ3) is 3.21. The molecule has 0 saturated heterocycles. The predicted octanol–water partition coefficient (Wildman–Crippen LogP) is 1.47. The van der Waals surface area contributed by atoms with E-state index in [2.05, 4.69) is 10.0 Å². The third-order valence-electron chi connectivity index (χ3n) is 2.74. The average molecular weight is 285 g/mol. The van der Waals surface area contributed by atoms with Gasteiger partial charge < -0.3 is 5.32 Å². The van der Waals surface area contributed by atoms with Gasteiger partial charge in [-0.05, 0) is 31.9 Å². The highest BCUT2D eigenvalue weighted by atomic mass is 32.2. The molecule has 0 aliphatic heterocycles. The molecule has 1 aromatic carbocycles. The first-order chi connectivity index (χ1) is 8.94. The van der Waals surface area contributed by atoms with Crippen LogP contribution in [0.5, 0.6) is 0 Å². The molecule has 2 rings (SSSR count). The summed E-state index contributed by atoms with van der Waals surface area (Å²) in [5.74, 6) is 0. The Bertz CT molecular complexity index is 596. The Labute approximate surface area is 111 Å². The zero-order chi connectivity index (χ0) is 14.0. The summed E-state index contributed by atoms with van der Waals surface area (Å²) in [4.78, 5) is 10.3. The van der Waals surface area contributed by atoms with E-state index in [1.165, 1.54) is 12.1 Å². The van der Waals surface area contributed by atoms with Crippen LogP contribution in [0.25, 0.3) is 0 Å². The maximum absolute atomic E-state index is 12.0. The summed E-state index contributed by atoms with van der Waals surface area (Å²) in [6, 6.07) is 3.85. The average Bonchev–Trinajstić information content (AvgIpc) is 3.12. The quantitative estimate of drug-likeness (QED) is 0.608. The molecule has 0 atom stereocenters. The van der Waals surface area contributed by atoms with Crippen molar-refractivity contribution in [3.8, 4) is 0 Å². The zero-order valence-electron chi connectivity index (χ0n) is 10.4. The van der Waals surface area contributed by atoms with E-state index < -0.39 is 14.9 Å². The summed E-state index contributed by atoms with van der Waals surface area (Å²) in [7, 11) is -3.67. The number of hydrogen-bond donors (Lipinski definition) is 2. The largest absolute Gasteiger partial charge is 0.380 e. The van der Waals surface area contributed by atoms with Crippen molar-refractivity contribution in [1.29, 1.82) is 0 Å². The Morgan fingerprint density at radius 1 is 1.42 bits per heavy atom. The topological polar surface area (TPSA) is 101 Å². The number of benzene rings is 1. The maximum Gasteiger partial charge on any atom is 0.293 e. The van der Waals surface area contributed by atoms with E-state index in [1.807, 2.05) is 6.92 Å². The van der Waals surface area contributed by atoms with Crippen LogP contribution in [0.15, 0.2) is 23.1 Å². The lowest BCUT2D eigenvalue weighted by Crippen LogP contribution is -2.25. The minimum Gasteiger partial charge on any atom is -0.380 e. The molecular weight excluding hydrogens is 270 g/mol. The third-order valence-corrected chi connectivity index (χ3v) is 4.26. The number of anilines is 1. The second-order valence-corrected chi connectivity index (χ2v) is 6.08. The van der Waals surface area contributed by atoms with Gasteiger partial charge in [0.05, 0.1) is 9.82 Å². The molecule has 19 heavy (non-hydrogen) atoms. The van der Waals surface area contributed by atoms with Crippen LogP contribution in [0.3, 0.4) is 0 Å². The fourth-order valence-corrected chi connectivity index (χ4v) is 2.98. The molecule has 0 aromatic heterocycles. The number of nitro groups is 1. The van der Waals surface area contributed by atoms with Gasteiger partial charge >= 0.3 is 0 Å². The highest BCUT2D eigenvalue weighted by molar-refractivity contribution is 7.89. The van der Waals surface area contributed by atoms with E-state index in [-0.39, 0.29) is 16.6 Å². The Hall–Kier alpha value is -1.67. The summed E-state index contributed by atoms with van der Waals surface area (Å²) in [6.45, 7) is 2.33. The second kappa shape index (κ2) is 5.14. The molecule has 7 nitrogen and oxygen atoms in total. The lowest BCUT2D eigenvalue weighted by Gasteiger charge is -2.08. The number of nitrogens with one attached hydrogen (secondary N) is 2. The van der Waals surface area contributed by atoms with Crippen LogP contribution < -0.4 is 10.0 Å². The summed E-state index contributed by atoms with van der Waals surface area (Å²) in [5.41, 5.74) is 0.0818. The van der Waals surface area contributed by atoms with Gasteiger partial charge in [0, 0.05) is 18.7 Å². The molecule has 1 fully saturated rings. The number of nitrogens with zero attached hydrogens (tertiary/aromatic N) is 1. The van der Waals surface area contributed by atoms with Gasteiger partial charge in [-0.25, -0.2) is 13.1 Å². The first-order valence-corrected chi connectivity index (χ1v) is 7.47. The molecule has 1 aromatic rings. The van der Waals surface area contributed by atoms with E-state index in [9.17, 15) is 18.5 Å². The zero-order valence-corrected chi connectivity index (χ0v) is 11.2. The number of nitro benzene ring substituents is 1. The van der Waals surface area contributed by atoms with Gasteiger partial charge in [-0.3, -0.25) is 10.1 Å². The molecule has 0 bridgehead atoms. The van der Waals surface area contributed by atoms with Gasteiger partial charge in [-0.1, -0.05) is 0 Å². The molecule has 2 N–H and O–H groups in total. The molecule has 1 saturated carbocycles. The molecular formula is C11H15N3O4S. The molecule has 0 unspecified atom stereocenters. The van der Waals surface area contributed by atoms with Gasteiger partial charge in [0.15, 0.2) is 0 Å². The molecule has 104 valence electrons. The van der Waals surface area contributed by atoms with Crippen molar-refractivity contribution in [3.05, 3.63) is 28.3 Å². The van der Waals surface area contributed by atoms with Crippen LogP contribution >= 0.6 is 0 Å². The fraction of sp³-hybridized carbons (Fsp3) is 0.455. The van der Waals surface area contributed by atoms with Crippen LogP contribution in [-0.4, -0.2) is 25.9 Å². The lowest BCUT2D eigenvalue weighted by molar-refractivity contribution is -0.384. The Balaban J connectivity index is 2.36. The molecule has 1 aliphatic carbocycles. The van der Waals surface area contributed by atoms with Gasteiger partial charge in [-0.2, -0.15) is 0 Å². The van der Waals surface area contributed by atoms with E-state index in [1.54, 1.807) is 0 Å². The maximum atomic E-state index is 12.0. The predicted molar refractivity (Wildman–Crippen MR) is 70.6 cm³/mol. The van der Waals surface area contributed by atoms with Crippen LogP contribution in [-0.2, 0) is 10.0 Å². The second-order valence-electron chi connectivity index (χ2n) is 4.36. The summed E-state index contributed by atoms with van der Waals surface area (Å²) < 4.78 is 26.4. The molecule has 0 spiro atoms. The van der Waals surface area contributed by atoms with Crippen molar-refractivity contribution >= 4 is 21.4 Å². The normalized spacial score (nSPS) is 15.2. The van der Waals surface area contributed by atoms with Crippen LogP contribution in [0.1, 0.15) is 19.8 Å². The Morgan fingerprint density at radius 2 is 2.11 bits per heavy atom. The molecule has 0 radical (unpaired) electrons. The van der Waals surface area contributed by atoms with Crippen LogP contribution in [0.4, 0.5) is 11.4 Å². The van der Waals surface area contributed by atoms with Crippen molar-refractivity contribution in [2.24, 2.45) is 0 Å². The van der Waals surface area contributed by atoms with Crippen molar-refractivity contribution in [2.75, 3.05) is 11.9 Å². The molecule has 1 aliphatic rings. The van der Waals surface area contributed by atoms with Gasteiger partial charge in [-0.15, -0.1) is 0 Å². The highest BCUT2D eigenvalue weighted by Crippen LogP contribution is 2.28. The SMILES string of the molecule is CCNc1ccc(S(=O)(=O)NC2CC2)cc1[N+](=O)[O-]. The summed E-state index contributed by atoms with van der Waals surface area (Å²) in [5, 5.41) is 13.8. The van der Waals surface area contributed by atoms with Crippen molar-refractivity contribution in [1.82, 2.24) is 4.72 Å². The monoisotopic (exact) mass is 285 g/mol. The standard InChI is InChI=1S/C11H15N3O4S/c1-2-12-10-6-5-9(7-11(10)14(15)16)19(17,18)13-8-3-4-8/h5-8,12-13H,2-4H2,1H3. The first-order valence-electron chi connectivity index (χ1n) is 5.98. The van der Waals surface area contributed by atoms with Gasteiger partial charge in [0.25, 0.3) is 5.69 Å². The Morgan fingerprint density at radius 3 is 2.63 bits per heavy atom. The Kier molecular flexibility index (Phi) is 3.72. The van der Waals surface area contributed by atoms with Crippen molar-refractivity contribution < 1.29 is 13.3 Å². The fourth-order valence-electron chi connectivity index (χ4n) is 1.66. The van der Waals surface area contributed by atoms with Gasteiger partial charge in [0.1, 0.15) is 5.69 Å². The van der Waals surface area contributed by atoms with Crippen LogP contribution in [0, 0.1) is 10.1 Å². The first kappa shape index (κ1) is 13.8. The summed E-state index contributed by atoms with van der Waals surface area (Å²) in [6.07, 6.45) is 1.63. The summed E-state index contributed by atoms with van der Waals surface area (Å²) >= 11 is 0. The minimum atomic E-state index is -3.67. The van der Waals surface area contributed by atoms with Crippen molar-refractivity contribution in [2.45, 2.75) is 30.7 Å². The van der Waals surface area contributed by atoms with E-state index >= 15 is 0 Å². The van der Waals surface area contributed by atoms with E-state index in [0.717, 1.165) is 18.9 Å². The number of hydrogen-bond acceptors (Lipinski definition) is 5. The van der Waals surface area contributed by atoms with E-state index in [4.69, 9.17) is 0 Å². The molecule has 8 heteroatoms. The number of sulfonamides is 1. The minimum absolute atomic E-state index is 0.0301. The van der Waals surface area contributed by atoms with Crippen LogP contribution in [0.2, 0.25) is 0 Å². The number of rotatable bonds is 6. The van der Waals surface area contributed by atoms with Crippen molar-refractivity contribution in [3.63, 3.8) is 0 Å². The smallest absolute Gasteiger partial charge is 0.293 e.